The van der Waals surface area contributed by atoms with Gasteiger partial charge in [0, 0.05) is 12.2 Å². The van der Waals surface area contributed by atoms with Crippen LogP contribution in [0.15, 0.2) is 18.2 Å². The van der Waals surface area contributed by atoms with Crippen LogP contribution >= 0.6 is 0 Å². The van der Waals surface area contributed by atoms with Gasteiger partial charge in [-0.15, -0.1) is 0 Å². The monoisotopic (exact) mass is 256 g/mol. The Balaban J connectivity index is 2.94. The smallest absolute Gasteiger partial charge is 0.337 e. The van der Waals surface area contributed by atoms with E-state index in [-0.39, 0.29) is 29.9 Å². The van der Waals surface area contributed by atoms with Crippen molar-refractivity contribution < 1.29 is 30.0 Å². The van der Waals surface area contributed by atoms with Crippen molar-refractivity contribution in [1.29, 1.82) is 0 Å². The summed E-state index contributed by atoms with van der Waals surface area (Å²) in [6.07, 6.45) is -2.53. The number of hydrogen-bond donors (Lipinski definition) is 4. The van der Waals surface area contributed by atoms with Gasteiger partial charge in [-0.25, -0.2) is 4.79 Å². The first-order valence-electron chi connectivity index (χ1n) is 5.39. The lowest BCUT2D eigenvalue weighted by molar-refractivity contribution is 0.00303. The number of rotatable bonds is 5. The van der Waals surface area contributed by atoms with Gasteiger partial charge in [0.1, 0.15) is 11.9 Å². The number of methoxy groups -OCH3 is 1. The molecule has 0 aromatic heterocycles. The summed E-state index contributed by atoms with van der Waals surface area (Å²) in [6, 6.07) is 3.85. The summed E-state index contributed by atoms with van der Waals surface area (Å²) in [4.78, 5) is 11.2. The van der Waals surface area contributed by atoms with Crippen LogP contribution in [0.1, 0.15) is 28.4 Å². The Hall–Kier alpha value is -1.63. The quantitative estimate of drug-likeness (QED) is 0.550. The van der Waals surface area contributed by atoms with Crippen molar-refractivity contribution in [3.63, 3.8) is 0 Å². The summed E-state index contributed by atoms with van der Waals surface area (Å²) in [6.45, 7) is -0.279. The molecular weight excluding hydrogens is 240 g/mol. The first-order chi connectivity index (χ1) is 8.51. The number of phenolic OH excluding ortho intramolecular Hbond substituents is 1. The third-order valence-electron chi connectivity index (χ3n) is 2.56. The number of carbonyl (C=O) groups is 1. The van der Waals surface area contributed by atoms with E-state index in [4.69, 9.17) is 5.11 Å². The molecule has 6 heteroatoms. The third kappa shape index (κ3) is 3.19. The number of hydrogen-bond acceptors (Lipinski definition) is 6. The Morgan fingerprint density at radius 3 is 2.56 bits per heavy atom. The molecule has 0 aliphatic rings. The largest absolute Gasteiger partial charge is 0.508 e. The molecule has 0 radical (unpaired) electrons. The number of aliphatic hydroxyl groups is 3. The average Bonchev–Trinajstić information content (AvgIpc) is 2.37. The molecule has 6 nitrogen and oxygen atoms in total. The number of ether oxygens (including phenoxy) is 1. The Labute approximate surface area is 104 Å². The lowest BCUT2D eigenvalue weighted by Gasteiger charge is -2.18. The van der Waals surface area contributed by atoms with Gasteiger partial charge in [0.15, 0.2) is 0 Å². The summed E-state index contributed by atoms with van der Waals surface area (Å²) >= 11 is 0. The molecule has 100 valence electrons. The van der Waals surface area contributed by atoms with E-state index in [1.54, 1.807) is 0 Å². The summed E-state index contributed by atoms with van der Waals surface area (Å²) in [7, 11) is 1.22. The van der Waals surface area contributed by atoms with Crippen LogP contribution in [-0.4, -0.2) is 46.2 Å². The van der Waals surface area contributed by atoms with Crippen LogP contribution in [0.3, 0.4) is 0 Å². The second kappa shape index (κ2) is 6.34. The zero-order valence-electron chi connectivity index (χ0n) is 9.91. The standard InChI is InChI=1S/C12H16O6/c1-18-12(17)7-2-3-8(10(15)6-7)11(16)9(14)4-5-13/h2-3,6,9,11,13-16H,4-5H2,1H3. The van der Waals surface area contributed by atoms with Gasteiger partial charge in [-0.2, -0.15) is 0 Å². The van der Waals surface area contributed by atoms with Crippen molar-refractivity contribution in [2.24, 2.45) is 0 Å². The molecule has 0 aliphatic heterocycles. The summed E-state index contributed by atoms with van der Waals surface area (Å²) in [5, 5.41) is 37.6. The van der Waals surface area contributed by atoms with E-state index >= 15 is 0 Å². The SMILES string of the molecule is COC(=O)c1ccc(C(O)C(O)CCO)c(O)c1. The number of aliphatic hydroxyl groups excluding tert-OH is 3. The summed E-state index contributed by atoms with van der Waals surface area (Å²) in [5.41, 5.74) is 0.228. The maximum absolute atomic E-state index is 11.2. The zero-order chi connectivity index (χ0) is 13.7. The maximum Gasteiger partial charge on any atom is 0.337 e. The highest BCUT2D eigenvalue weighted by Crippen LogP contribution is 2.28. The number of phenols is 1. The molecule has 1 rings (SSSR count). The lowest BCUT2D eigenvalue weighted by Crippen LogP contribution is -2.19. The topological polar surface area (TPSA) is 107 Å². The molecule has 1 aromatic carbocycles. The van der Waals surface area contributed by atoms with E-state index < -0.39 is 18.2 Å². The number of benzene rings is 1. The fourth-order valence-corrected chi connectivity index (χ4v) is 1.54. The molecule has 0 heterocycles. The Bertz CT molecular complexity index is 417. The lowest BCUT2D eigenvalue weighted by atomic mass is 10.00. The molecule has 18 heavy (non-hydrogen) atoms. The highest BCUT2D eigenvalue weighted by molar-refractivity contribution is 5.89. The van der Waals surface area contributed by atoms with Gasteiger partial charge < -0.3 is 25.2 Å². The molecular formula is C12H16O6. The van der Waals surface area contributed by atoms with E-state index in [1.807, 2.05) is 0 Å². The van der Waals surface area contributed by atoms with Crippen LogP contribution in [0.25, 0.3) is 0 Å². The maximum atomic E-state index is 11.2. The van der Waals surface area contributed by atoms with Crippen molar-refractivity contribution >= 4 is 5.97 Å². The Morgan fingerprint density at radius 1 is 1.39 bits per heavy atom. The number of aromatic hydroxyl groups is 1. The van der Waals surface area contributed by atoms with Gasteiger partial charge in [-0.1, -0.05) is 6.07 Å². The van der Waals surface area contributed by atoms with Gasteiger partial charge in [0.25, 0.3) is 0 Å². The molecule has 0 bridgehead atoms. The highest BCUT2D eigenvalue weighted by Gasteiger charge is 2.21. The third-order valence-corrected chi connectivity index (χ3v) is 2.56. The van der Waals surface area contributed by atoms with Gasteiger partial charge in [-0.3, -0.25) is 0 Å². The van der Waals surface area contributed by atoms with Crippen LogP contribution < -0.4 is 0 Å². The van der Waals surface area contributed by atoms with Crippen LogP contribution in [-0.2, 0) is 4.74 Å². The molecule has 0 fully saturated rings. The minimum Gasteiger partial charge on any atom is -0.508 e. The molecule has 0 amide bonds. The molecule has 4 N–H and O–H groups in total. The van der Waals surface area contributed by atoms with Crippen LogP contribution in [0.2, 0.25) is 0 Å². The minimum atomic E-state index is -1.33. The molecule has 0 saturated heterocycles. The van der Waals surface area contributed by atoms with E-state index in [1.165, 1.54) is 19.2 Å². The van der Waals surface area contributed by atoms with Crippen molar-refractivity contribution in [2.45, 2.75) is 18.6 Å². The molecule has 0 spiro atoms. The van der Waals surface area contributed by atoms with Gasteiger partial charge in [-0.05, 0) is 18.6 Å². The van der Waals surface area contributed by atoms with Gasteiger partial charge in [0.2, 0.25) is 0 Å². The normalized spacial score (nSPS) is 14.0. The van der Waals surface area contributed by atoms with E-state index in [9.17, 15) is 20.1 Å². The van der Waals surface area contributed by atoms with Crippen LogP contribution in [0.5, 0.6) is 5.75 Å². The molecule has 2 atom stereocenters. The summed E-state index contributed by atoms with van der Waals surface area (Å²) in [5.74, 6) is -0.926. The fraction of sp³-hybridized carbons (Fsp3) is 0.417. The van der Waals surface area contributed by atoms with Crippen molar-refractivity contribution in [3.05, 3.63) is 29.3 Å². The molecule has 0 aliphatic carbocycles. The van der Waals surface area contributed by atoms with E-state index in [2.05, 4.69) is 4.74 Å². The van der Waals surface area contributed by atoms with Crippen molar-refractivity contribution in [2.75, 3.05) is 13.7 Å². The summed E-state index contributed by atoms with van der Waals surface area (Å²) < 4.78 is 4.48. The minimum absolute atomic E-state index is 0.0145. The van der Waals surface area contributed by atoms with E-state index in [0.29, 0.717) is 0 Å². The highest BCUT2D eigenvalue weighted by atomic mass is 16.5. The first-order valence-corrected chi connectivity index (χ1v) is 5.39. The van der Waals surface area contributed by atoms with Crippen LogP contribution in [0.4, 0.5) is 0 Å². The van der Waals surface area contributed by atoms with Crippen LogP contribution in [0, 0.1) is 0 Å². The molecule has 0 saturated carbocycles. The number of carbonyl (C=O) groups excluding carboxylic acids is 1. The second-order valence-corrected chi connectivity index (χ2v) is 3.79. The van der Waals surface area contributed by atoms with Crippen molar-refractivity contribution in [1.82, 2.24) is 0 Å². The predicted octanol–water partition coefficient (Wildman–Crippen LogP) is -0.0445. The molecule has 1 aromatic rings. The number of esters is 1. The second-order valence-electron chi connectivity index (χ2n) is 3.79. The predicted molar refractivity (Wildman–Crippen MR) is 62.1 cm³/mol. The van der Waals surface area contributed by atoms with Gasteiger partial charge in [0.05, 0.1) is 18.8 Å². The van der Waals surface area contributed by atoms with E-state index in [0.717, 1.165) is 6.07 Å². The Morgan fingerprint density at radius 2 is 2.06 bits per heavy atom. The van der Waals surface area contributed by atoms with Crippen molar-refractivity contribution in [3.8, 4) is 5.75 Å². The zero-order valence-corrected chi connectivity index (χ0v) is 9.91. The first kappa shape index (κ1) is 14.4. The Kier molecular flexibility index (Phi) is 5.08. The molecule has 2 unspecified atom stereocenters. The fourth-order valence-electron chi connectivity index (χ4n) is 1.54. The average molecular weight is 256 g/mol. The van der Waals surface area contributed by atoms with Gasteiger partial charge >= 0.3 is 5.97 Å².